The Morgan fingerprint density at radius 2 is 1.62 bits per heavy atom. The van der Waals surface area contributed by atoms with Crippen molar-refractivity contribution in [2.24, 2.45) is 0 Å². The summed E-state index contributed by atoms with van der Waals surface area (Å²) in [4.78, 5) is 15.4. The molecule has 0 atom stereocenters. The molecule has 0 fully saturated rings. The van der Waals surface area contributed by atoms with Crippen molar-refractivity contribution >= 4 is 83.3 Å². The van der Waals surface area contributed by atoms with Gasteiger partial charge in [-0.1, -0.05) is 0 Å². The molecule has 0 heterocycles. The molecule has 0 rings (SSSR count). The van der Waals surface area contributed by atoms with Crippen molar-refractivity contribution in [1.82, 2.24) is 0 Å². The van der Waals surface area contributed by atoms with E-state index in [-0.39, 0.29) is 81.2 Å². The van der Waals surface area contributed by atoms with Crippen LogP contribution in [0.2, 0.25) is 0 Å². The summed E-state index contributed by atoms with van der Waals surface area (Å²) in [6, 6.07) is 0. The van der Waals surface area contributed by atoms with Crippen LogP contribution in [0.1, 0.15) is 5.71 Å². The van der Waals surface area contributed by atoms with Gasteiger partial charge >= 0.3 is 83.3 Å². The topological polar surface area (TPSA) is 66.8 Å². The molecule has 0 aromatic heterocycles. The Bertz CT molecular complexity index is 89.1. The predicted molar refractivity (Wildman–Crippen MR) is 35.0 cm³/mol. The van der Waals surface area contributed by atoms with Crippen LogP contribution >= 0.6 is 7.82 Å². The maximum absolute atomic E-state index is 9.47. The molecule has 2 N–H and O–H groups in total. The van der Waals surface area contributed by atoms with E-state index >= 15 is 0 Å². The van der Waals surface area contributed by atoms with Gasteiger partial charge in [0.2, 0.25) is 0 Å². The molecule has 0 amide bonds. The summed E-state index contributed by atoms with van der Waals surface area (Å²) in [5.74, 6) is 0. The Hall–Kier alpha value is 2.63. The number of hydrogen-bond acceptors (Lipinski definition) is 2. The summed E-state index contributed by atoms with van der Waals surface area (Å²) in [6.07, 6.45) is 0. The third kappa shape index (κ3) is 15.9. The zero-order chi connectivity index (χ0) is 5.21. The Morgan fingerprint density at radius 3 is 1.62 bits per heavy atom. The Balaban J connectivity index is -0.00000000833. The van der Waals surface area contributed by atoms with E-state index in [1.165, 1.54) is 0 Å². The minimum absolute atomic E-state index is 0. The molecule has 0 aliphatic rings. The number of phosphoric acid groups is 1. The van der Waals surface area contributed by atoms with E-state index in [4.69, 9.17) is 9.79 Å². The van der Waals surface area contributed by atoms with Crippen LogP contribution < -0.4 is 0 Å². The van der Waals surface area contributed by atoms with E-state index in [9.17, 15) is 4.57 Å². The van der Waals surface area contributed by atoms with Gasteiger partial charge in [-0.25, -0.2) is 4.57 Å². The van der Waals surface area contributed by atoms with Crippen LogP contribution in [0.4, 0.5) is 0 Å². The largest absolute Gasteiger partial charge is 2.00 e. The Morgan fingerprint density at radius 1 is 1.50 bits per heavy atom. The molecular weight excluding hydrogens is 187 g/mol. The van der Waals surface area contributed by atoms with Gasteiger partial charge < -0.3 is 15.5 Å². The second-order valence-electron chi connectivity index (χ2n) is 0.673. The van der Waals surface area contributed by atoms with Crippen LogP contribution in [0.15, 0.2) is 0 Å². The summed E-state index contributed by atoms with van der Waals surface area (Å²) < 4.78 is 13.1. The van der Waals surface area contributed by atoms with Crippen LogP contribution in [0, 0.1) is 0 Å². The molecule has 0 aliphatic carbocycles. The summed E-state index contributed by atoms with van der Waals surface area (Å²) in [6.45, 7) is 0. The monoisotopic (exact) mass is 196 g/mol. The van der Waals surface area contributed by atoms with E-state index in [2.05, 4.69) is 4.52 Å². The van der Waals surface area contributed by atoms with Crippen molar-refractivity contribution in [1.29, 1.82) is 0 Å². The van der Waals surface area contributed by atoms with Crippen molar-refractivity contribution in [3.8, 4) is 0 Å². The fourth-order valence-electron chi connectivity index (χ4n) is 0. The standard InChI is InChI=1S/CH5O4P.2Ca.4H/c1-5-6(2,3)4;;;;;;/h1H3,(H2,2,3,4);;;;;;/q;2*+2;4*-1. The van der Waals surface area contributed by atoms with Gasteiger partial charge in [-0.15, -0.1) is 0 Å². The maximum atomic E-state index is 9.47. The van der Waals surface area contributed by atoms with E-state index in [1.807, 2.05) is 0 Å². The van der Waals surface area contributed by atoms with Gasteiger partial charge in [0.15, 0.2) is 0 Å². The minimum atomic E-state index is -4.15. The number of hydrogen-bond donors (Lipinski definition) is 2. The van der Waals surface area contributed by atoms with E-state index in [0.29, 0.717) is 0 Å². The summed E-state index contributed by atoms with van der Waals surface area (Å²) in [5, 5.41) is 0. The first-order chi connectivity index (χ1) is 2.56. The molecule has 0 aromatic carbocycles. The second kappa shape index (κ2) is 7.73. The molecule has 46 valence electrons. The Labute approximate surface area is 113 Å². The number of rotatable bonds is 1. The molecule has 0 aliphatic heterocycles. The third-order valence-electron chi connectivity index (χ3n) is 0.238. The first-order valence-electron chi connectivity index (χ1n) is 1.17. The molecule has 0 saturated carbocycles. The summed E-state index contributed by atoms with van der Waals surface area (Å²) >= 11 is 0. The quantitative estimate of drug-likeness (QED) is 0.434. The van der Waals surface area contributed by atoms with Crippen molar-refractivity contribution in [2.75, 3.05) is 7.11 Å². The molecule has 7 heteroatoms. The number of phosphoric ester groups is 1. The first kappa shape index (κ1) is 16.9. The molecule has 4 nitrogen and oxygen atoms in total. The van der Waals surface area contributed by atoms with Gasteiger partial charge in [-0.05, 0) is 0 Å². The van der Waals surface area contributed by atoms with Gasteiger partial charge in [0, 0.05) is 7.11 Å². The molecular formula is CH9Ca2O4P. The summed E-state index contributed by atoms with van der Waals surface area (Å²) in [5.41, 5.74) is 0. The first-order valence-corrected chi connectivity index (χ1v) is 2.70. The fourth-order valence-corrected chi connectivity index (χ4v) is 0. The van der Waals surface area contributed by atoms with Crippen LogP contribution in [-0.4, -0.2) is 92.4 Å². The molecule has 0 unspecified atom stereocenters. The predicted octanol–water partition coefficient (Wildman–Crippen LogP) is -0.586. The summed E-state index contributed by atoms with van der Waals surface area (Å²) in [7, 11) is -3.20. The molecule has 0 bridgehead atoms. The van der Waals surface area contributed by atoms with Gasteiger partial charge in [-0.2, -0.15) is 0 Å². The molecule has 0 radical (unpaired) electrons. The van der Waals surface area contributed by atoms with Gasteiger partial charge in [-0.3, -0.25) is 4.52 Å². The van der Waals surface area contributed by atoms with Gasteiger partial charge in [0.05, 0.1) is 0 Å². The van der Waals surface area contributed by atoms with Crippen LogP contribution in [0.5, 0.6) is 0 Å². The van der Waals surface area contributed by atoms with E-state index in [0.717, 1.165) is 7.11 Å². The SMILES string of the molecule is COP(=O)(O)O.[Ca+2].[Ca+2].[H-].[H-].[H-].[H-]. The zero-order valence-electron chi connectivity index (χ0n) is 8.57. The van der Waals surface area contributed by atoms with Gasteiger partial charge in [0.25, 0.3) is 0 Å². The van der Waals surface area contributed by atoms with Crippen LogP contribution in [0.25, 0.3) is 0 Å². The normalized spacial score (nSPS) is 8.88. The van der Waals surface area contributed by atoms with Crippen molar-refractivity contribution < 1.29 is 24.6 Å². The molecule has 0 aromatic rings. The smallest absolute Gasteiger partial charge is 1.00 e. The average molecular weight is 196 g/mol. The zero-order valence-corrected chi connectivity index (χ0v) is 9.88. The minimum Gasteiger partial charge on any atom is -1.00 e. The second-order valence-corrected chi connectivity index (χ2v) is 2.02. The molecule has 0 saturated heterocycles. The average Bonchev–Trinajstić information content (AvgIpc) is 1.35. The molecule has 0 spiro atoms. The van der Waals surface area contributed by atoms with Crippen molar-refractivity contribution in [2.45, 2.75) is 0 Å². The van der Waals surface area contributed by atoms with E-state index in [1.54, 1.807) is 0 Å². The van der Waals surface area contributed by atoms with Crippen LogP contribution in [-0.2, 0) is 9.09 Å². The van der Waals surface area contributed by atoms with Gasteiger partial charge in [0.1, 0.15) is 0 Å². The van der Waals surface area contributed by atoms with Crippen LogP contribution in [0.3, 0.4) is 0 Å². The van der Waals surface area contributed by atoms with Crippen molar-refractivity contribution in [3.63, 3.8) is 0 Å². The fraction of sp³-hybridized carbons (Fsp3) is 1.00. The maximum Gasteiger partial charge on any atom is 2.00 e. The third-order valence-corrected chi connectivity index (χ3v) is 0.714. The Kier molecular flexibility index (Phi) is 16.4. The molecule has 8 heavy (non-hydrogen) atoms. The van der Waals surface area contributed by atoms with Crippen molar-refractivity contribution in [3.05, 3.63) is 0 Å². The van der Waals surface area contributed by atoms with E-state index < -0.39 is 7.82 Å².